The van der Waals surface area contributed by atoms with Crippen molar-refractivity contribution in [2.24, 2.45) is 5.73 Å². The summed E-state index contributed by atoms with van der Waals surface area (Å²) in [5.41, 5.74) is 7.10. The predicted molar refractivity (Wildman–Crippen MR) is 72.3 cm³/mol. The van der Waals surface area contributed by atoms with Crippen LogP contribution in [0.1, 0.15) is 18.5 Å². The number of rotatable bonds is 3. The van der Waals surface area contributed by atoms with Gasteiger partial charge < -0.3 is 10.2 Å². The van der Waals surface area contributed by atoms with E-state index >= 15 is 0 Å². The van der Waals surface area contributed by atoms with Crippen molar-refractivity contribution < 1.29 is 4.42 Å². The SMILES string of the molecule is N[C@@H]1CCCN(Cc2csc(-c3ccco3)n2)C1. The van der Waals surface area contributed by atoms with Gasteiger partial charge in [-0.05, 0) is 31.5 Å². The molecule has 96 valence electrons. The van der Waals surface area contributed by atoms with Gasteiger partial charge in [-0.2, -0.15) is 0 Å². The molecule has 1 aliphatic rings. The van der Waals surface area contributed by atoms with Crippen molar-refractivity contribution in [2.45, 2.75) is 25.4 Å². The number of likely N-dealkylation sites (tertiary alicyclic amines) is 1. The number of furan rings is 1. The van der Waals surface area contributed by atoms with Crippen LogP contribution in [0.25, 0.3) is 10.8 Å². The maximum absolute atomic E-state index is 5.99. The lowest BCUT2D eigenvalue weighted by molar-refractivity contribution is 0.200. The highest BCUT2D eigenvalue weighted by atomic mass is 32.1. The molecule has 0 radical (unpaired) electrons. The van der Waals surface area contributed by atoms with Gasteiger partial charge >= 0.3 is 0 Å². The van der Waals surface area contributed by atoms with Crippen LogP contribution in [0.2, 0.25) is 0 Å². The van der Waals surface area contributed by atoms with Crippen molar-refractivity contribution in [2.75, 3.05) is 13.1 Å². The van der Waals surface area contributed by atoms with Gasteiger partial charge in [0.25, 0.3) is 0 Å². The molecule has 0 saturated carbocycles. The molecule has 2 aromatic rings. The average Bonchev–Trinajstić information content (AvgIpc) is 2.98. The zero-order chi connectivity index (χ0) is 12.4. The largest absolute Gasteiger partial charge is 0.462 e. The summed E-state index contributed by atoms with van der Waals surface area (Å²) >= 11 is 1.63. The van der Waals surface area contributed by atoms with Crippen molar-refractivity contribution in [3.63, 3.8) is 0 Å². The molecular weight excluding hydrogens is 246 g/mol. The summed E-state index contributed by atoms with van der Waals surface area (Å²) in [6.07, 6.45) is 4.02. The summed E-state index contributed by atoms with van der Waals surface area (Å²) in [6, 6.07) is 4.15. The van der Waals surface area contributed by atoms with Gasteiger partial charge in [0.05, 0.1) is 12.0 Å². The topological polar surface area (TPSA) is 55.3 Å². The van der Waals surface area contributed by atoms with Crippen LogP contribution in [-0.4, -0.2) is 29.0 Å². The molecule has 0 aliphatic carbocycles. The molecule has 0 unspecified atom stereocenters. The molecule has 0 aromatic carbocycles. The van der Waals surface area contributed by atoms with Gasteiger partial charge in [-0.25, -0.2) is 4.98 Å². The number of piperidine rings is 1. The van der Waals surface area contributed by atoms with Crippen molar-refractivity contribution in [3.05, 3.63) is 29.5 Å². The van der Waals surface area contributed by atoms with Gasteiger partial charge in [0.2, 0.25) is 0 Å². The first-order valence-electron chi connectivity index (χ1n) is 6.27. The van der Waals surface area contributed by atoms with E-state index in [0.29, 0.717) is 6.04 Å². The summed E-state index contributed by atoms with van der Waals surface area (Å²) in [7, 11) is 0. The van der Waals surface area contributed by atoms with Gasteiger partial charge in [0, 0.05) is 24.5 Å². The molecule has 4 nitrogen and oxygen atoms in total. The molecule has 1 atom stereocenters. The third kappa shape index (κ3) is 2.63. The van der Waals surface area contributed by atoms with Gasteiger partial charge in [-0.1, -0.05) is 0 Å². The molecule has 3 heterocycles. The first-order valence-corrected chi connectivity index (χ1v) is 7.15. The van der Waals surface area contributed by atoms with Crippen LogP contribution in [0.4, 0.5) is 0 Å². The zero-order valence-corrected chi connectivity index (χ0v) is 11.0. The monoisotopic (exact) mass is 263 g/mol. The van der Waals surface area contributed by atoms with Crippen LogP contribution >= 0.6 is 11.3 Å². The van der Waals surface area contributed by atoms with E-state index in [2.05, 4.69) is 15.3 Å². The second-order valence-electron chi connectivity index (χ2n) is 4.76. The third-order valence-corrected chi connectivity index (χ3v) is 4.12. The average molecular weight is 263 g/mol. The van der Waals surface area contributed by atoms with Crippen molar-refractivity contribution in [1.82, 2.24) is 9.88 Å². The number of thiazole rings is 1. The van der Waals surface area contributed by atoms with E-state index in [4.69, 9.17) is 10.2 Å². The number of nitrogens with two attached hydrogens (primary N) is 1. The quantitative estimate of drug-likeness (QED) is 0.923. The normalized spacial score (nSPS) is 21.3. The van der Waals surface area contributed by atoms with E-state index < -0.39 is 0 Å². The molecule has 1 aliphatic heterocycles. The van der Waals surface area contributed by atoms with E-state index in [1.165, 1.54) is 6.42 Å². The number of nitrogens with zero attached hydrogens (tertiary/aromatic N) is 2. The number of hydrogen-bond acceptors (Lipinski definition) is 5. The first-order chi connectivity index (χ1) is 8.81. The third-order valence-electron chi connectivity index (χ3n) is 3.21. The van der Waals surface area contributed by atoms with Crippen molar-refractivity contribution in [1.29, 1.82) is 0 Å². The second-order valence-corrected chi connectivity index (χ2v) is 5.62. The van der Waals surface area contributed by atoms with Crippen LogP contribution in [0.15, 0.2) is 28.2 Å². The fraction of sp³-hybridized carbons (Fsp3) is 0.462. The Morgan fingerprint density at radius 1 is 1.56 bits per heavy atom. The summed E-state index contributed by atoms with van der Waals surface area (Å²) in [5, 5.41) is 3.06. The Bertz CT molecular complexity index is 494. The fourth-order valence-electron chi connectivity index (χ4n) is 2.36. The molecule has 18 heavy (non-hydrogen) atoms. The standard InChI is InChI=1S/C13H17N3OS/c14-10-3-1-5-16(7-10)8-11-9-18-13(15-11)12-4-2-6-17-12/h2,4,6,9-10H,1,3,5,7-8,14H2/t10-/m1/s1. The van der Waals surface area contributed by atoms with Crippen molar-refractivity contribution >= 4 is 11.3 Å². The maximum Gasteiger partial charge on any atom is 0.162 e. The lowest BCUT2D eigenvalue weighted by Crippen LogP contribution is -2.42. The molecular formula is C13H17N3OS. The first kappa shape index (κ1) is 11.9. The Hall–Kier alpha value is -1.17. The molecule has 1 fully saturated rings. The Morgan fingerprint density at radius 3 is 3.28 bits per heavy atom. The number of hydrogen-bond donors (Lipinski definition) is 1. The molecule has 0 amide bonds. The van der Waals surface area contributed by atoms with Gasteiger partial charge in [0.15, 0.2) is 10.8 Å². The van der Waals surface area contributed by atoms with Crippen LogP contribution in [-0.2, 0) is 6.54 Å². The van der Waals surface area contributed by atoms with Gasteiger partial charge in [-0.15, -0.1) is 11.3 Å². The van der Waals surface area contributed by atoms with E-state index in [9.17, 15) is 0 Å². The minimum atomic E-state index is 0.321. The van der Waals surface area contributed by atoms with Crippen LogP contribution < -0.4 is 5.73 Å². The Morgan fingerprint density at radius 2 is 2.50 bits per heavy atom. The highest BCUT2D eigenvalue weighted by molar-refractivity contribution is 7.13. The molecule has 2 N–H and O–H groups in total. The fourth-order valence-corrected chi connectivity index (χ4v) is 3.13. The van der Waals surface area contributed by atoms with E-state index in [1.807, 2.05) is 12.1 Å². The maximum atomic E-state index is 5.99. The van der Waals surface area contributed by atoms with E-state index in [0.717, 1.165) is 42.5 Å². The smallest absolute Gasteiger partial charge is 0.162 e. The molecule has 2 aromatic heterocycles. The van der Waals surface area contributed by atoms with Crippen LogP contribution in [0.3, 0.4) is 0 Å². The molecule has 5 heteroatoms. The Balaban J connectivity index is 1.66. The lowest BCUT2D eigenvalue weighted by atomic mass is 10.1. The molecule has 3 rings (SSSR count). The van der Waals surface area contributed by atoms with Gasteiger partial charge in [-0.3, -0.25) is 4.90 Å². The zero-order valence-electron chi connectivity index (χ0n) is 10.2. The molecule has 0 bridgehead atoms. The van der Waals surface area contributed by atoms with Crippen LogP contribution in [0, 0.1) is 0 Å². The summed E-state index contributed by atoms with van der Waals surface area (Å²) in [4.78, 5) is 7.00. The van der Waals surface area contributed by atoms with Crippen LogP contribution in [0.5, 0.6) is 0 Å². The summed E-state index contributed by atoms with van der Waals surface area (Å²) in [6.45, 7) is 3.00. The minimum absolute atomic E-state index is 0.321. The lowest BCUT2D eigenvalue weighted by Gasteiger charge is -2.29. The minimum Gasteiger partial charge on any atom is -0.462 e. The van der Waals surface area contributed by atoms with E-state index in [1.54, 1.807) is 17.6 Å². The van der Waals surface area contributed by atoms with Gasteiger partial charge in [0.1, 0.15) is 0 Å². The predicted octanol–water partition coefficient (Wildman–Crippen LogP) is 2.33. The second kappa shape index (κ2) is 5.22. The Labute approximate surface area is 110 Å². The van der Waals surface area contributed by atoms with E-state index in [-0.39, 0.29) is 0 Å². The van der Waals surface area contributed by atoms with Crippen molar-refractivity contribution in [3.8, 4) is 10.8 Å². The Kier molecular flexibility index (Phi) is 3.45. The summed E-state index contributed by atoms with van der Waals surface area (Å²) < 4.78 is 5.35. The molecule has 1 saturated heterocycles. The highest BCUT2D eigenvalue weighted by Gasteiger charge is 2.18. The summed E-state index contributed by atoms with van der Waals surface area (Å²) in [5.74, 6) is 0.849. The highest BCUT2D eigenvalue weighted by Crippen LogP contribution is 2.24. The molecule has 0 spiro atoms. The number of aromatic nitrogens is 1.